The first-order valence-corrected chi connectivity index (χ1v) is 13.3. The van der Waals surface area contributed by atoms with Crippen molar-refractivity contribution in [1.29, 1.82) is 0 Å². The van der Waals surface area contributed by atoms with Crippen LogP contribution in [-0.2, 0) is 6.18 Å². The number of hydrogen-bond donors (Lipinski definition) is 1. The minimum Gasteiger partial charge on any atom is -0.333 e. The van der Waals surface area contributed by atoms with E-state index in [0.717, 1.165) is 12.1 Å². The van der Waals surface area contributed by atoms with Crippen molar-refractivity contribution < 1.29 is 22.8 Å². The van der Waals surface area contributed by atoms with Crippen LogP contribution in [0.2, 0.25) is 10.0 Å². The second-order valence-electron chi connectivity index (χ2n) is 9.53. The molecule has 0 aliphatic carbocycles. The Morgan fingerprint density at radius 1 is 1.02 bits per heavy atom. The van der Waals surface area contributed by atoms with E-state index in [9.17, 15) is 22.8 Å². The van der Waals surface area contributed by atoms with Crippen molar-refractivity contribution in [2.24, 2.45) is 0 Å². The van der Waals surface area contributed by atoms with E-state index in [1.165, 1.54) is 29.8 Å². The number of alkyl halides is 3. The molecule has 0 bridgehead atoms. The molecule has 2 aromatic heterocycles. The fourth-order valence-corrected chi connectivity index (χ4v) is 5.31. The number of aromatic nitrogens is 2. The highest BCUT2D eigenvalue weighted by Gasteiger charge is 2.33. The van der Waals surface area contributed by atoms with E-state index < -0.39 is 17.6 Å². The van der Waals surface area contributed by atoms with Crippen LogP contribution in [0.25, 0.3) is 10.9 Å². The summed E-state index contributed by atoms with van der Waals surface area (Å²) in [5, 5.41) is 3.47. The average Bonchev–Trinajstić information content (AvgIpc) is 3.26. The van der Waals surface area contributed by atoms with Crippen LogP contribution in [0.4, 0.5) is 13.2 Å². The number of benzene rings is 2. The van der Waals surface area contributed by atoms with Crippen LogP contribution in [0.3, 0.4) is 0 Å². The van der Waals surface area contributed by atoms with Gasteiger partial charge >= 0.3 is 6.18 Å². The Morgan fingerprint density at radius 3 is 2.30 bits per heavy atom. The van der Waals surface area contributed by atoms with Crippen LogP contribution >= 0.6 is 23.2 Å². The van der Waals surface area contributed by atoms with Crippen molar-refractivity contribution in [3.05, 3.63) is 98.9 Å². The minimum absolute atomic E-state index is 0.0453. The van der Waals surface area contributed by atoms with E-state index in [-0.39, 0.29) is 38.7 Å². The van der Waals surface area contributed by atoms with Gasteiger partial charge in [0.15, 0.2) is 0 Å². The second-order valence-corrected chi connectivity index (χ2v) is 10.3. The summed E-state index contributed by atoms with van der Waals surface area (Å²) in [6.45, 7) is 6.81. The van der Waals surface area contributed by atoms with E-state index in [1.807, 2.05) is 25.1 Å². The Hall–Kier alpha value is -3.40. The topological polar surface area (TPSA) is 67.2 Å². The van der Waals surface area contributed by atoms with Crippen LogP contribution in [0.15, 0.2) is 61.1 Å². The molecule has 40 heavy (non-hydrogen) atoms. The molecule has 1 N–H and O–H groups in total. The molecule has 1 atom stereocenters. The Labute approximate surface area is 239 Å². The van der Waals surface area contributed by atoms with Gasteiger partial charge in [-0.3, -0.25) is 19.1 Å². The van der Waals surface area contributed by atoms with Crippen LogP contribution in [0.1, 0.15) is 44.3 Å². The summed E-state index contributed by atoms with van der Waals surface area (Å²) in [5.74, 6) is -0.941. The van der Waals surface area contributed by atoms with Crippen LogP contribution in [-0.4, -0.2) is 51.9 Å². The number of nitrogens with zero attached hydrogens (tertiary/aromatic N) is 3. The Balaban J connectivity index is 0.000000546. The molecule has 1 aliphatic rings. The number of amides is 1. The first kappa shape index (κ1) is 29.6. The van der Waals surface area contributed by atoms with Gasteiger partial charge in [-0.2, -0.15) is 13.2 Å². The molecule has 210 valence electrons. The van der Waals surface area contributed by atoms with Gasteiger partial charge in [0.1, 0.15) is 0 Å². The van der Waals surface area contributed by atoms with Crippen molar-refractivity contribution in [2.45, 2.75) is 33.0 Å². The monoisotopic (exact) mass is 590 g/mol. The standard InChI is InChI=1S/C24H22Cl2F3N3O2.C5H5N/c1-12-8-15(24(27,28)29)9-17-13(2)11-32(21(12)17)23(34)19-18(25)5-4-16(20(19)26)22(33)31-7-6-30-10-14(31)3;1-2-4-6-5-3-1/h4-5,8-9,11,14,30H,6-7,10H2,1-3H3;1-5H. The molecule has 0 radical (unpaired) electrons. The predicted molar refractivity (Wildman–Crippen MR) is 150 cm³/mol. The Morgan fingerprint density at radius 2 is 1.73 bits per heavy atom. The third kappa shape index (κ3) is 6.01. The number of halogens is 5. The summed E-state index contributed by atoms with van der Waals surface area (Å²) >= 11 is 12.9. The molecule has 2 aromatic carbocycles. The number of carbonyl (C=O) groups excluding carboxylic acids is 2. The van der Waals surface area contributed by atoms with E-state index >= 15 is 0 Å². The number of nitrogens with one attached hydrogen (secondary N) is 1. The minimum atomic E-state index is -4.51. The lowest BCUT2D eigenvalue weighted by Crippen LogP contribution is -2.52. The summed E-state index contributed by atoms with van der Waals surface area (Å²) < 4.78 is 41.2. The number of pyridine rings is 1. The molecule has 1 unspecified atom stereocenters. The van der Waals surface area contributed by atoms with Crippen molar-refractivity contribution in [3.8, 4) is 0 Å². The van der Waals surface area contributed by atoms with Gasteiger partial charge < -0.3 is 10.2 Å². The lowest BCUT2D eigenvalue weighted by Gasteiger charge is -2.34. The highest BCUT2D eigenvalue weighted by Crippen LogP contribution is 2.36. The first-order valence-electron chi connectivity index (χ1n) is 12.5. The summed E-state index contributed by atoms with van der Waals surface area (Å²) in [4.78, 5) is 32.3. The van der Waals surface area contributed by atoms with Crippen LogP contribution in [0, 0.1) is 13.8 Å². The number of aryl methyl sites for hydroxylation is 2. The van der Waals surface area contributed by atoms with E-state index in [1.54, 1.807) is 24.2 Å². The van der Waals surface area contributed by atoms with E-state index in [2.05, 4.69) is 10.3 Å². The highest BCUT2D eigenvalue weighted by atomic mass is 35.5. The van der Waals surface area contributed by atoms with Gasteiger partial charge in [0, 0.05) is 49.7 Å². The lowest BCUT2D eigenvalue weighted by molar-refractivity contribution is -0.137. The second kappa shape index (κ2) is 12.0. The van der Waals surface area contributed by atoms with Crippen LogP contribution < -0.4 is 5.32 Å². The Kier molecular flexibility index (Phi) is 8.87. The molecule has 4 aromatic rings. The fraction of sp³-hybridized carbons (Fsp3) is 0.276. The highest BCUT2D eigenvalue weighted by molar-refractivity contribution is 6.41. The van der Waals surface area contributed by atoms with Gasteiger partial charge in [-0.1, -0.05) is 29.3 Å². The third-order valence-corrected chi connectivity index (χ3v) is 7.41. The number of fused-ring (bicyclic) bond motifs is 1. The molecule has 1 amide bonds. The normalized spacial score (nSPS) is 15.5. The smallest absolute Gasteiger partial charge is 0.333 e. The molecule has 0 saturated carbocycles. The number of piperazine rings is 1. The maximum absolute atomic E-state index is 13.6. The molecule has 1 fully saturated rings. The molecular weight excluding hydrogens is 564 g/mol. The van der Waals surface area contributed by atoms with E-state index in [4.69, 9.17) is 23.2 Å². The molecule has 1 saturated heterocycles. The summed E-state index contributed by atoms with van der Waals surface area (Å²) in [6, 6.07) is 10.6. The third-order valence-electron chi connectivity index (χ3n) is 6.70. The summed E-state index contributed by atoms with van der Waals surface area (Å²) in [6.07, 6.45) is 0.444. The Bertz CT molecular complexity index is 1530. The zero-order chi connectivity index (χ0) is 29.2. The average molecular weight is 591 g/mol. The molecule has 6 nitrogen and oxygen atoms in total. The van der Waals surface area contributed by atoms with Crippen molar-refractivity contribution in [1.82, 2.24) is 19.8 Å². The van der Waals surface area contributed by atoms with Gasteiger partial charge in [0.25, 0.3) is 11.8 Å². The van der Waals surface area contributed by atoms with Gasteiger partial charge in [-0.25, -0.2) is 0 Å². The first-order chi connectivity index (χ1) is 18.9. The number of carbonyl (C=O) groups is 2. The number of rotatable bonds is 2. The van der Waals surface area contributed by atoms with Gasteiger partial charge in [0.05, 0.1) is 32.3 Å². The van der Waals surface area contributed by atoms with E-state index in [0.29, 0.717) is 36.1 Å². The van der Waals surface area contributed by atoms with Crippen molar-refractivity contribution in [2.75, 3.05) is 19.6 Å². The summed E-state index contributed by atoms with van der Waals surface area (Å²) in [5.41, 5.74) is 0.377. The SMILES string of the molecule is Cc1cn(C(=O)c2c(Cl)ccc(C(=O)N3CCNCC3C)c2Cl)c2c(C)cc(C(F)(F)F)cc12.c1ccncc1. The lowest BCUT2D eigenvalue weighted by atomic mass is 10.0. The molecule has 1 aliphatic heterocycles. The zero-order valence-electron chi connectivity index (χ0n) is 22.0. The number of hydrogen-bond acceptors (Lipinski definition) is 4. The molecule has 5 rings (SSSR count). The maximum atomic E-state index is 13.6. The van der Waals surface area contributed by atoms with Gasteiger partial charge in [-0.05, 0) is 68.3 Å². The van der Waals surface area contributed by atoms with Crippen molar-refractivity contribution >= 4 is 45.9 Å². The fourth-order valence-electron chi connectivity index (χ4n) is 4.70. The zero-order valence-corrected chi connectivity index (χ0v) is 23.5. The molecule has 3 heterocycles. The summed E-state index contributed by atoms with van der Waals surface area (Å²) in [7, 11) is 0. The maximum Gasteiger partial charge on any atom is 0.416 e. The van der Waals surface area contributed by atoms with Crippen LogP contribution in [0.5, 0.6) is 0 Å². The molecular formula is C29H27Cl2F3N4O2. The van der Waals surface area contributed by atoms with Crippen molar-refractivity contribution in [3.63, 3.8) is 0 Å². The quantitative estimate of drug-likeness (QED) is 0.279. The largest absolute Gasteiger partial charge is 0.416 e. The van der Waals surface area contributed by atoms with Gasteiger partial charge in [0.2, 0.25) is 0 Å². The molecule has 11 heteroatoms. The van der Waals surface area contributed by atoms with Gasteiger partial charge in [-0.15, -0.1) is 0 Å². The predicted octanol–water partition coefficient (Wildman–Crippen LogP) is 6.79. The molecule has 0 spiro atoms.